The van der Waals surface area contributed by atoms with Crippen LogP contribution in [-0.2, 0) is 6.54 Å². The number of aromatic nitrogens is 2. The van der Waals surface area contributed by atoms with Crippen LogP contribution in [0.1, 0.15) is 41.9 Å². The third-order valence-corrected chi connectivity index (χ3v) is 3.86. The van der Waals surface area contributed by atoms with Crippen molar-refractivity contribution in [3.8, 4) is 0 Å². The van der Waals surface area contributed by atoms with Gasteiger partial charge in [0.1, 0.15) is 0 Å². The molecule has 1 unspecified atom stereocenters. The van der Waals surface area contributed by atoms with Crippen molar-refractivity contribution in [2.24, 2.45) is 0 Å². The minimum atomic E-state index is -0.825. The second-order valence-electron chi connectivity index (χ2n) is 5.24. The first kappa shape index (κ1) is 15.6. The van der Waals surface area contributed by atoms with Crippen molar-refractivity contribution in [3.63, 3.8) is 0 Å². The summed E-state index contributed by atoms with van der Waals surface area (Å²) < 4.78 is 28.1. The lowest BCUT2D eigenvalue weighted by Crippen LogP contribution is -2.17. The van der Waals surface area contributed by atoms with Gasteiger partial charge in [-0.3, -0.25) is 4.68 Å². The fraction of sp³-hybridized carbons (Fsp3) is 0.438. The molecule has 3 nitrogen and oxygen atoms in total. The van der Waals surface area contributed by atoms with E-state index in [2.05, 4.69) is 17.3 Å². The number of nitrogens with one attached hydrogen (secondary N) is 1. The molecule has 0 aliphatic heterocycles. The Morgan fingerprint density at radius 2 is 1.95 bits per heavy atom. The molecule has 0 saturated heterocycles. The van der Waals surface area contributed by atoms with Crippen LogP contribution in [0.25, 0.3) is 0 Å². The zero-order chi connectivity index (χ0) is 15.6. The van der Waals surface area contributed by atoms with Crippen LogP contribution in [-0.4, -0.2) is 16.8 Å². The molecule has 0 aliphatic carbocycles. The average Bonchev–Trinajstić information content (AvgIpc) is 2.72. The molecule has 1 aromatic carbocycles. The van der Waals surface area contributed by atoms with Gasteiger partial charge in [-0.05, 0) is 45.0 Å². The maximum atomic E-state index is 13.3. The van der Waals surface area contributed by atoms with Gasteiger partial charge in [0.05, 0.1) is 12.2 Å². The Morgan fingerprint density at radius 3 is 2.52 bits per heavy atom. The topological polar surface area (TPSA) is 29.9 Å². The molecule has 1 aromatic heterocycles. The monoisotopic (exact) mass is 293 g/mol. The number of benzene rings is 1. The van der Waals surface area contributed by atoms with E-state index in [9.17, 15) is 8.78 Å². The highest BCUT2D eigenvalue weighted by atomic mass is 19.2. The van der Waals surface area contributed by atoms with E-state index < -0.39 is 11.6 Å². The number of halogens is 2. The largest absolute Gasteiger partial charge is 0.313 e. The molecular formula is C16H21F2N3. The van der Waals surface area contributed by atoms with Crippen LogP contribution in [0, 0.1) is 25.5 Å². The molecule has 5 heteroatoms. The highest BCUT2D eigenvalue weighted by molar-refractivity contribution is 5.29. The molecule has 114 valence electrons. The van der Waals surface area contributed by atoms with E-state index in [1.165, 1.54) is 11.6 Å². The lowest BCUT2D eigenvalue weighted by atomic mass is 10.0. The van der Waals surface area contributed by atoms with Gasteiger partial charge in [-0.2, -0.15) is 5.10 Å². The van der Waals surface area contributed by atoms with Crippen LogP contribution < -0.4 is 5.32 Å². The van der Waals surface area contributed by atoms with Crippen molar-refractivity contribution in [2.45, 2.75) is 39.8 Å². The Labute approximate surface area is 124 Å². The van der Waals surface area contributed by atoms with E-state index in [-0.39, 0.29) is 6.04 Å². The summed E-state index contributed by atoms with van der Waals surface area (Å²) in [7, 11) is 1.93. The molecular weight excluding hydrogens is 272 g/mol. The lowest BCUT2D eigenvalue weighted by Gasteiger charge is -2.15. The smallest absolute Gasteiger partial charge is 0.159 e. The van der Waals surface area contributed by atoms with Gasteiger partial charge in [-0.25, -0.2) is 8.78 Å². The molecule has 0 saturated carbocycles. The first-order valence-electron chi connectivity index (χ1n) is 7.13. The van der Waals surface area contributed by atoms with Crippen molar-refractivity contribution < 1.29 is 8.78 Å². The maximum Gasteiger partial charge on any atom is 0.159 e. The highest BCUT2D eigenvalue weighted by Gasteiger charge is 2.18. The third-order valence-electron chi connectivity index (χ3n) is 3.86. The van der Waals surface area contributed by atoms with E-state index in [0.717, 1.165) is 23.9 Å². The zero-order valence-electron chi connectivity index (χ0n) is 12.9. The summed E-state index contributed by atoms with van der Waals surface area (Å²) >= 11 is 0. The molecule has 0 fully saturated rings. The van der Waals surface area contributed by atoms with Crippen molar-refractivity contribution >= 4 is 0 Å². The van der Waals surface area contributed by atoms with E-state index in [1.807, 2.05) is 25.6 Å². The van der Waals surface area contributed by atoms with Crippen molar-refractivity contribution in [1.82, 2.24) is 15.1 Å². The van der Waals surface area contributed by atoms with Crippen LogP contribution in [0.5, 0.6) is 0 Å². The van der Waals surface area contributed by atoms with Gasteiger partial charge in [0, 0.05) is 17.3 Å². The molecule has 0 spiro atoms. The highest BCUT2D eigenvalue weighted by Crippen LogP contribution is 2.24. The summed E-state index contributed by atoms with van der Waals surface area (Å²) in [6.45, 7) is 6.54. The molecule has 1 N–H and O–H groups in total. The van der Waals surface area contributed by atoms with E-state index >= 15 is 0 Å². The minimum Gasteiger partial charge on any atom is -0.313 e. The summed E-state index contributed by atoms with van der Waals surface area (Å²) in [5, 5.41) is 7.82. The summed E-state index contributed by atoms with van der Waals surface area (Å²) in [5.41, 5.74) is 3.90. The summed E-state index contributed by atoms with van der Waals surface area (Å²) in [5.74, 6) is -1.65. The van der Waals surface area contributed by atoms with Crippen LogP contribution in [0.15, 0.2) is 18.2 Å². The van der Waals surface area contributed by atoms with E-state index in [0.29, 0.717) is 12.1 Å². The number of nitrogens with zero attached hydrogens (tertiary/aromatic N) is 2. The van der Waals surface area contributed by atoms with Crippen LogP contribution in [0.4, 0.5) is 8.78 Å². The fourth-order valence-corrected chi connectivity index (χ4v) is 2.73. The second-order valence-corrected chi connectivity index (χ2v) is 5.24. The van der Waals surface area contributed by atoms with Crippen LogP contribution in [0.3, 0.4) is 0 Å². The Hall–Kier alpha value is -1.75. The van der Waals surface area contributed by atoms with Gasteiger partial charge in [0.2, 0.25) is 0 Å². The normalized spacial score (nSPS) is 12.7. The van der Waals surface area contributed by atoms with E-state index in [4.69, 9.17) is 0 Å². The Kier molecular flexibility index (Phi) is 4.73. The predicted octanol–water partition coefficient (Wildman–Crippen LogP) is 3.50. The number of hydrogen-bond acceptors (Lipinski definition) is 2. The molecule has 1 atom stereocenters. The quantitative estimate of drug-likeness (QED) is 0.914. The Morgan fingerprint density at radius 1 is 1.24 bits per heavy atom. The van der Waals surface area contributed by atoms with Gasteiger partial charge in [0.25, 0.3) is 0 Å². The third kappa shape index (κ3) is 3.13. The van der Waals surface area contributed by atoms with Crippen LogP contribution in [0.2, 0.25) is 0 Å². The predicted molar refractivity (Wildman–Crippen MR) is 79.3 cm³/mol. The molecule has 0 bridgehead atoms. The van der Waals surface area contributed by atoms with Gasteiger partial charge in [-0.15, -0.1) is 0 Å². The lowest BCUT2D eigenvalue weighted by molar-refractivity contribution is 0.505. The van der Waals surface area contributed by atoms with Gasteiger partial charge >= 0.3 is 0 Å². The van der Waals surface area contributed by atoms with Crippen molar-refractivity contribution in [1.29, 1.82) is 0 Å². The summed E-state index contributed by atoms with van der Waals surface area (Å²) in [4.78, 5) is 0. The van der Waals surface area contributed by atoms with Gasteiger partial charge < -0.3 is 5.32 Å². The molecule has 2 aromatic rings. The molecule has 1 heterocycles. The first-order valence-corrected chi connectivity index (χ1v) is 7.13. The molecule has 21 heavy (non-hydrogen) atoms. The molecule has 0 amide bonds. The van der Waals surface area contributed by atoms with Crippen molar-refractivity contribution in [2.75, 3.05) is 7.05 Å². The van der Waals surface area contributed by atoms with Gasteiger partial charge in [-0.1, -0.05) is 13.0 Å². The summed E-state index contributed by atoms with van der Waals surface area (Å²) in [6, 6.07) is 4.22. The van der Waals surface area contributed by atoms with Crippen molar-refractivity contribution in [3.05, 3.63) is 52.3 Å². The van der Waals surface area contributed by atoms with Crippen LogP contribution >= 0.6 is 0 Å². The average molecular weight is 293 g/mol. The molecule has 0 radical (unpaired) electrons. The van der Waals surface area contributed by atoms with E-state index in [1.54, 1.807) is 6.07 Å². The Balaban J connectivity index is 2.33. The van der Waals surface area contributed by atoms with Gasteiger partial charge in [0.15, 0.2) is 11.6 Å². The summed E-state index contributed by atoms with van der Waals surface area (Å²) in [6.07, 6.45) is 0.967. The second kappa shape index (κ2) is 6.35. The maximum absolute atomic E-state index is 13.3. The fourth-order valence-electron chi connectivity index (χ4n) is 2.73. The number of rotatable bonds is 5. The number of hydrogen-bond donors (Lipinski definition) is 1. The standard InChI is InChI=1S/C16H21F2N3/c1-5-15(19-4)16-10(2)20-21(11(16)3)9-12-6-7-13(17)14(18)8-12/h6-8,15,19H,5,9H2,1-4H3. The Bertz CT molecular complexity index is 631. The SMILES string of the molecule is CCC(NC)c1c(C)nn(Cc2ccc(F)c(F)c2)c1C. The number of aryl methyl sites for hydroxylation is 1. The first-order chi connectivity index (χ1) is 9.97. The molecule has 0 aliphatic rings. The molecule has 2 rings (SSSR count). The zero-order valence-corrected chi connectivity index (χ0v) is 12.9. The minimum absolute atomic E-state index is 0.253.